The van der Waals surface area contributed by atoms with Crippen molar-refractivity contribution in [3.8, 4) is 0 Å². The van der Waals surface area contributed by atoms with Gasteiger partial charge in [0.05, 0.1) is 6.61 Å². The van der Waals surface area contributed by atoms with Crippen LogP contribution in [0.2, 0.25) is 0 Å². The van der Waals surface area contributed by atoms with Gasteiger partial charge in [-0.3, -0.25) is 0 Å². The fourth-order valence-electron chi connectivity index (χ4n) is 2.17. The van der Waals surface area contributed by atoms with Gasteiger partial charge < -0.3 is 9.84 Å². The van der Waals surface area contributed by atoms with Crippen LogP contribution in [-0.2, 0) is 9.53 Å². The minimum Gasteiger partial charge on any atom is -0.464 e. The Kier molecular flexibility index (Phi) is 5.35. The van der Waals surface area contributed by atoms with Gasteiger partial charge >= 0.3 is 5.97 Å². The first-order valence-electron chi connectivity index (χ1n) is 6.48. The molecule has 1 N–H and O–H groups in total. The largest absolute Gasteiger partial charge is 0.464 e. The van der Waals surface area contributed by atoms with E-state index in [9.17, 15) is 9.90 Å². The molecule has 0 aliphatic heterocycles. The molecule has 1 aromatic rings. The second kappa shape index (κ2) is 6.55. The summed E-state index contributed by atoms with van der Waals surface area (Å²) < 4.78 is 4.97. The number of ether oxygens (including phenoxy) is 1. The van der Waals surface area contributed by atoms with Crippen molar-refractivity contribution < 1.29 is 14.6 Å². The van der Waals surface area contributed by atoms with Crippen LogP contribution in [-0.4, -0.2) is 23.3 Å². The lowest BCUT2D eigenvalue weighted by Crippen LogP contribution is -2.43. The molecule has 0 saturated heterocycles. The molecule has 1 rings (SSSR count). The molecule has 0 spiro atoms. The molecule has 3 heteroatoms. The van der Waals surface area contributed by atoms with Gasteiger partial charge in [-0.1, -0.05) is 43.7 Å². The minimum absolute atomic E-state index is 0.234. The zero-order valence-electron chi connectivity index (χ0n) is 11.3. The van der Waals surface area contributed by atoms with Crippen LogP contribution in [0, 0.1) is 0 Å². The molecule has 0 fully saturated rings. The maximum atomic E-state index is 11.9. The predicted molar refractivity (Wildman–Crippen MR) is 71.3 cm³/mol. The monoisotopic (exact) mass is 250 g/mol. The van der Waals surface area contributed by atoms with Gasteiger partial charge in [-0.15, -0.1) is 0 Å². The lowest BCUT2D eigenvalue weighted by molar-refractivity contribution is -0.165. The third-order valence-corrected chi connectivity index (χ3v) is 3.15. The van der Waals surface area contributed by atoms with Gasteiger partial charge in [0.15, 0.2) is 5.60 Å². The Bertz CT molecular complexity index is 371. The van der Waals surface area contributed by atoms with Gasteiger partial charge in [-0.2, -0.15) is 0 Å². The molecule has 0 aliphatic rings. The van der Waals surface area contributed by atoms with Crippen LogP contribution in [0.1, 0.15) is 45.1 Å². The molecular formula is C15H22O3. The highest BCUT2D eigenvalue weighted by molar-refractivity contribution is 5.80. The van der Waals surface area contributed by atoms with Gasteiger partial charge in [-0.25, -0.2) is 4.79 Å². The number of benzene rings is 1. The highest BCUT2D eigenvalue weighted by Gasteiger charge is 2.40. The quantitative estimate of drug-likeness (QED) is 0.790. The van der Waals surface area contributed by atoms with Crippen molar-refractivity contribution in [3.63, 3.8) is 0 Å². The normalized spacial score (nSPS) is 15.8. The van der Waals surface area contributed by atoms with E-state index in [0.717, 1.165) is 18.4 Å². The summed E-state index contributed by atoms with van der Waals surface area (Å²) in [7, 11) is 0. The van der Waals surface area contributed by atoms with E-state index in [1.165, 1.54) is 0 Å². The van der Waals surface area contributed by atoms with Gasteiger partial charge in [0, 0.05) is 5.92 Å². The zero-order valence-corrected chi connectivity index (χ0v) is 11.3. The van der Waals surface area contributed by atoms with E-state index >= 15 is 0 Å². The van der Waals surface area contributed by atoms with Crippen LogP contribution in [0.3, 0.4) is 0 Å². The molecule has 0 radical (unpaired) electrons. The Labute approximate surface area is 109 Å². The molecule has 100 valence electrons. The second-order valence-corrected chi connectivity index (χ2v) is 4.62. The number of carbonyl (C=O) groups is 1. The first kappa shape index (κ1) is 14.7. The molecule has 0 bridgehead atoms. The number of esters is 1. The Morgan fingerprint density at radius 2 is 1.94 bits per heavy atom. The molecule has 1 aromatic carbocycles. The minimum atomic E-state index is -1.48. The Hall–Kier alpha value is -1.35. The highest BCUT2D eigenvalue weighted by atomic mass is 16.5. The summed E-state index contributed by atoms with van der Waals surface area (Å²) in [6, 6.07) is 9.63. The van der Waals surface area contributed by atoms with Gasteiger partial charge in [0.1, 0.15) is 0 Å². The van der Waals surface area contributed by atoms with Gasteiger partial charge in [-0.05, 0) is 25.8 Å². The molecule has 0 saturated carbocycles. The highest BCUT2D eigenvalue weighted by Crippen LogP contribution is 2.33. The summed E-state index contributed by atoms with van der Waals surface area (Å²) in [6.45, 7) is 5.60. The Morgan fingerprint density at radius 1 is 1.33 bits per heavy atom. The van der Waals surface area contributed by atoms with Crippen molar-refractivity contribution in [2.45, 2.75) is 45.1 Å². The van der Waals surface area contributed by atoms with E-state index in [1.54, 1.807) is 13.8 Å². The summed E-state index contributed by atoms with van der Waals surface area (Å²) in [5.74, 6) is -0.782. The van der Waals surface area contributed by atoms with E-state index in [0.29, 0.717) is 0 Å². The summed E-state index contributed by atoms with van der Waals surface area (Å²) in [5, 5.41) is 10.5. The van der Waals surface area contributed by atoms with E-state index in [4.69, 9.17) is 4.74 Å². The average Bonchev–Trinajstić information content (AvgIpc) is 2.37. The predicted octanol–water partition coefficient (Wildman–Crippen LogP) is 2.88. The standard InChI is InChI=1S/C15H22O3/c1-4-9-13(12-10-7-6-8-11-12)15(3,17)14(16)18-5-2/h6-8,10-11,13,17H,4-5,9H2,1-3H3/t13-,15+/m0/s1. The van der Waals surface area contributed by atoms with Crippen molar-refractivity contribution in [3.05, 3.63) is 35.9 Å². The molecule has 0 amide bonds. The first-order chi connectivity index (χ1) is 8.54. The molecule has 0 aliphatic carbocycles. The third kappa shape index (κ3) is 3.33. The zero-order chi connectivity index (χ0) is 13.6. The number of hydrogen-bond donors (Lipinski definition) is 1. The molecular weight excluding hydrogens is 228 g/mol. The Balaban J connectivity index is 3.01. The van der Waals surface area contributed by atoms with E-state index in [2.05, 4.69) is 0 Å². The third-order valence-electron chi connectivity index (χ3n) is 3.15. The molecule has 3 nitrogen and oxygen atoms in total. The van der Waals surface area contributed by atoms with Crippen molar-refractivity contribution in [1.82, 2.24) is 0 Å². The molecule has 2 atom stereocenters. The van der Waals surface area contributed by atoms with Crippen molar-refractivity contribution >= 4 is 5.97 Å². The average molecular weight is 250 g/mol. The van der Waals surface area contributed by atoms with Crippen molar-refractivity contribution in [2.75, 3.05) is 6.61 Å². The molecule has 0 heterocycles. The second-order valence-electron chi connectivity index (χ2n) is 4.62. The molecule has 18 heavy (non-hydrogen) atoms. The summed E-state index contributed by atoms with van der Waals surface area (Å²) in [6.07, 6.45) is 1.64. The summed E-state index contributed by atoms with van der Waals surface area (Å²) in [5.41, 5.74) is -0.509. The Morgan fingerprint density at radius 3 is 2.44 bits per heavy atom. The number of rotatable bonds is 6. The fraction of sp³-hybridized carbons (Fsp3) is 0.533. The van der Waals surface area contributed by atoms with Crippen molar-refractivity contribution in [2.24, 2.45) is 0 Å². The maximum absolute atomic E-state index is 11.9. The SMILES string of the molecule is CCC[C@@H](c1ccccc1)[C@@](C)(O)C(=O)OCC. The lowest BCUT2D eigenvalue weighted by Gasteiger charge is -2.31. The summed E-state index contributed by atoms with van der Waals surface area (Å²) in [4.78, 5) is 11.9. The number of aliphatic hydroxyl groups is 1. The van der Waals surface area contributed by atoms with Crippen LogP contribution in [0.15, 0.2) is 30.3 Å². The smallest absolute Gasteiger partial charge is 0.338 e. The van der Waals surface area contributed by atoms with E-state index in [1.807, 2.05) is 37.3 Å². The van der Waals surface area contributed by atoms with Crippen molar-refractivity contribution in [1.29, 1.82) is 0 Å². The maximum Gasteiger partial charge on any atom is 0.338 e. The van der Waals surface area contributed by atoms with Gasteiger partial charge in [0.2, 0.25) is 0 Å². The topological polar surface area (TPSA) is 46.5 Å². The fourth-order valence-corrected chi connectivity index (χ4v) is 2.17. The van der Waals surface area contributed by atoms with Crippen LogP contribution in [0.4, 0.5) is 0 Å². The molecule has 0 unspecified atom stereocenters. The van der Waals surface area contributed by atoms with Crippen LogP contribution < -0.4 is 0 Å². The van der Waals surface area contributed by atoms with E-state index < -0.39 is 11.6 Å². The number of hydrogen-bond acceptors (Lipinski definition) is 3. The van der Waals surface area contributed by atoms with Crippen LogP contribution in [0.5, 0.6) is 0 Å². The van der Waals surface area contributed by atoms with E-state index in [-0.39, 0.29) is 12.5 Å². The summed E-state index contributed by atoms with van der Waals surface area (Å²) >= 11 is 0. The lowest BCUT2D eigenvalue weighted by atomic mass is 9.80. The molecule has 0 aromatic heterocycles. The van der Waals surface area contributed by atoms with Crippen LogP contribution in [0.25, 0.3) is 0 Å². The number of carbonyl (C=O) groups excluding carboxylic acids is 1. The first-order valence-corrected chi connectivity index (χ1v) is 6.48. The van der Waals surface area contributed by atoms with Gasteiger partial charge in [0.25, 0.3) is 0 Å². The van der Waals surface area contributed by atoms with Crippen LogP contribution >= 0.6 is 0 Å².